The third-order valence-corrected chi connectivity index (χ3v) is 4.45. The second-order valence-corrected chi connectivity index (χ2v) is 5.82. The van der Waals surface area contributed by atoms with Gasteiger partial charge in [0, 0.05) is 7.05 Å². The van der Waals surface area contributed by atoms with Crippen molar-refractivity contribution in [3.05, 3.63) is 11.8 Å². The molecule has 1 aromatic heterocycles. The first-order valence-electron chi connectivity index (χ1n) is 6.72. The highest BCUT2D eigenvalue weighted by Crippen LogP contribution is 2.40. The Kier molecular flexibility index (Phi) is 3.08. The minimum absolute atomic E-state index is 0.138. The molecular weight excluding hydrogens is 276 g/mol. The van der Waals surface area contributed by atoms with Crippen LogP contribution in [0.25, 0.3) is 0 Å². The molecule has 2 heterocycles. The molecule has 106 valence electrons. The summed E-state index contributed by atoms with van der Waals surface area (Å²) in [5, 5.41) is 4.07. The van der Waals surface area contributed by atoms with Crippen LogP contribution < -0.4 is 10.6 Å². The molecule has 2 N–H and O–H groups in total. The molecule has 0 aromatic carbocycles. The third-order valence-electron chi connectivity index (χ3n) is 4.23. The summed E-state index contributed by atoms with van der Waals surface area (Å²) >= 11 is 4.98. The van der Waals surface area contributed by atoms with Gasteiger partial charge in [0.25, 0.3) is 0 Å². The van der Waals surface area contributed by atoms with Crippen molar-refractivity contribution in [1.82, 2.24) is 9.78 Å². The van der Waals surface area contributed by atoms with Crippen LogP contribution in [0.4, 0.5) is 5.82 Å². The van der Waals surface area contributed by atoms with Gasteiger partial charge in [-0.2, -0.15) is 5.10 Å². The van der Waals surface area contributed by atoms with Gasteiger partial charge in [0.05, 0.1) is 23.6 Å². The zero-order valence-corrected chi connectivity index (χ0v) is 12.0. The predicted octanol–water partition coefficient (Wildman–Crippen LogP) is 0.734. The van der Waals surface area contributed by atoms with Crippen LogP contribution in [-0.2, 0) is 16.6 Å². The van der Waals surface area contributed by atoms with Crippen molar-refractivity contribution in [2.24, 2.45) is 24.6 Å². The van der Waals surface area contributed by atoms with E-state index >= 15 is 0 Å². The molecule has 1 saturated heterocycles. The molecule has 7 heteroatoms. The maximum Gasteiger partial charge on any atom is 0.238 e. The highest BCUT2D eigenvalue weighted by atomic mass is 32.1. The van der Waals surface area contributed by atoms with E-state index in [2.05, 4.69) is 5.10 Å². The summed E-state index contributed by atoms with van der Waals surface area (Å²) in [5.41, 5.74) is 6.14. The van der Waals surface area contributed by atoms with Crippen LogP contribution >= 0.6 is 12.2 Å². The van der Waals surface area contributed by atoms with Crippen LogP contribution in [0.2, 0.25) is 0 Å². The highest BCUT2D eigenvalue weighted by Gasteiger charge is 2.50. The molecule has 1 aliphatic heterocycles. The molecule has 6 nitrogen and oxygen atoms in total. The molecule has 2 atom stereocenters. The Morgan fingerprint density at radius 3 is 2.35 bits per heavy atom. The molecular formula is C13H16N4O2S. The molecule has 2 aliphatic rings. The van der Waals surface area contributed by atoms with E-state index in [0.717, 1.165) is 25.7 Å². The van der Waals surface area contributed by atoms with Crippen LogP contribution in [0.15, 0.2) is 6.20 Å². The number of nitrogens with two attached hydrogens (primary N) is 1. The van der Waals surface area contributed by atoms with Crippen molar-refractivity contribution in [3.8, 4) is 0 Å². The van der Waals surface area contributed by atoms with Gasteiger partial charge in [0.2, 0.25) is 11.8 Å². The summed E-state index contributed by atoms with van der Waals surface area (Å²) in [6.07, 6.45) is 5.07. The van der Waals surface area contributed by atoms with Crippen LogP contribution in [0.1, 0.15) is 31.2 Å². The van der Waals surface area contributed by atoms with Gasteiger partial charge < -0.3 is 5.73 Å². The summed E-state index contributed by atoms with van der Waals surface area (Å²) < 4.78 is 1.49. The Hall–Kier alpha value is -1.76. The van der Waals surface area contributed by atoms with Gasteiger partial charge in [-0.25, -0.2) is 4.90 Å². The molecule has 1 aromatic rings. The lowest BCUT2D eigenvalue weighted by atomic mass is 9.81. The van der Waals surface area contributed by atoms with Crippen LogP contribution in [0.5, 0.6) is 0 Å². The molecule has 2 amide bonds. The minimum Gasteiger partial charge on any atom is -0.389 e. The van der Waals surface area contributed by atoms with Gasteiger partial charge in [0.1, 0.15) is 4.99 Å². The Balaban J connectivity index is 2.06. The number of thiocarbonyl (C=S) groups is 1. The summed E-state index contributed by atoms with van der Waals surface area (Å²) in [6.45, 7) is 0. The van der Waals surface area contributed by atoms with Gasteiger partial charge >= 0.3 is 0 Å². The van der Waals surface area contributed by atoms with Crippen molar-refractivity contribution >= 4 is 34.8 Å². The average molecular weight is 292 g/mol. The molecule has 3 rings (SSSR count). The molecule has 1 aliphatic carbocycles. The molecule has 20 heavy (non-hydrogen) atoms. The van der Waals surface area contributed by atoms with Gasteiger partial charge in [-0.05, 0) is 12.8 Å². The van der Waals surface area contributed by atoms with E-state index in [1.165, 1.54) is 15.8 Å². The van der Waals surface area contributed by atoms with Crippen LogP contribution in [0, 0.1) is 11.8 Å². The molecule has 1 saturated carbocycles. The largest absolute Gasteiger partial charge is 0.389 e. The van der Waals surface area contributed by atoms with Gasteiger partial charge in [-0.1, -0.05) is 25.1 Å². The molecule has 0 bridgehead atoms. The summed E-state index contributed by atoms with van der Waals surface area (Å²) in [6, 6.07) is 0. The van der Waals surface area contributed by atoms with E-state index in [9.17, 15) is 9.59 Å². The maximum atomic E-state index is 12.6. The van der Waals surface area contributed by atoms with Crippen molar-refractivity contribution in [3.63, 3.8) is 0 Å². The van der Waals surface area contributed by atoms with Gasteiger partial charge in [-0.3, -0.25) is 14.3 Å². The van der Waals surface area contributed by atoms with E-state index in [-0.39, 0.29) is 28.6 Å². The zero-order valence-electron chi connectivity index (χ0n) is 11.2. The lowest BCUT2D eigenvalue weighted by Gasteiger charge is -2.19. The Labute approximate surface area is 121 Å². The van der Waals surface area contributed by atoms with E-state index in [0.29, 0.717) is 11.4 Å². The van der Waals surface area contributed by atoms with Gasteiger partial charge in [-0.15, -0.1) is 0 Å². The number of amides is 2. The quantitative estimate of drug-likeness (QED) is 0.642. The Morgan fingerprint density at radius 1 is 1.30 bits per heavy atom. The second kappa shape index (κ2) is 4.66. The number of rotatable bonds is 2. The normalized spacial score (nSPS) is 25.9. The fourth-order valence-corrected chi connectivity index (χ4v) is 3.39. The van der Waals surface area contributed by atoms with E-state index in [1.54, 1.807) is 7.05 Å². The van der Waals surface area contributed by atoms with E-state index < -0.39 is 0 Å². The first-order chi connectivity index (χ1) is 9.52. The molecule has 2 fully saturated rings. The SMILES string of the molecule is Cn1ncc(C(N)=S)c1N1C(=O)C2CCCCC2C1=O. The second-order valence-electron chi connectivity index (χ2n) is 5.38. The summed E-state index contributed by atoms with van der Waals surface area (Å²) in [4.78, 5) is 26.5. The van der Waals surface area contributed by atoms with E-state index in [1.807, 2.05) is 0 Å². The number of aromatic nitrogens is 2. The number of anilines is 1. The zero-order chi connectivity index (χ0) is 14.4. The maximum absolute atomic E-state index is 12.6. The van der Waals surface area contributed by atoms with E-state index in [4.69, 9.17) is 18.0 Å². The van der Waals surface area contributed by atoms with Crippen molar-refractivity contribution in [2.45, 2.75) is 25.7 Å². The minimum atomic E-state index is -0.189. The number of carbonyl (C=O) groups excluding carboxylic acids is 2. The smallest absolute Gasteiger partial charge is 0.238 e. The van der Waals surface area contributed by atoms with Crippen molar-refractivity contribution < 1.29 is 9.59 Å². The predicted molar refractivity (Wildman–Crippen MR) is 77.0 cm³/mol. The Morgan fingerprint density at radius 2 is 1.85 bits per heavy atom. The monoisotopic (exact) mass is 292 g/mol. The summed E-state index contributed by atoms with van der Waals surface area (Å²) in [5.74, 6) is -0.251. The van der Waals surface area contributed by atoms with Crippen LogP contribution in [-0.4, -0.2) is 26.6 Å². The van der Waals surface area contributed by atoms with Crippen LogP contribution in [0.3, 0.4) is 0 Å². The topological polar surface area (TPSA) is 81.2 Å². The van der Waals surface area contributed by atoms with Gasteiger partial charge in [0.15, 0.2) is 5.82 Å². The lowest BCUT2D eigenvalue weighted by molar-refractivity contribution is -0.122. The summed E-state index contributed by atoms with van der Waals surface area (Å²) in [7, 11) is 1.68. The molecule has 2 unspecified atom stereocenters. The number of aryl methyl sites for hydroxylation is 1. The third kappa shape index (κ3) is 1.76. The number of fused-ring (bicyclic) bond motifs is 1. The number of imide groups is 1. The first kappa shape index (κ1) is 13.2. The fraction of sp³-hybridized carbons (Fsp3) is 0.538. The number of carbonyl (C=O) groups is 2. The number of nitrogens with zero attached hydrogens (tertiary/aromatic N) is 3. The number of hydrogen-bond acceptors (Lipinski definition) is 4. The average Bonchev–Trinajstić information content (AvgIpc) is 2.91. The molecule has 0 spiro atoms. The standard InChI is InChI=1S/C13H16N4O2S/c1-16-11(9(6-15-16)10(14)20)17-12(18)7-4-2-3-5-8(7)13(17)19/h6-8H,2-5H2,1H3,(H2,14,20). The lowest BCUT2D eigenvalue weighted by Crippen LogP contribution is -2.34. The van der Waals surface area contributed by atoms with Crippen molar-refractivity contribution in [1.29, 1.82) is 0 Å². The number of hydrogen-bond donors (Lipinski definition) is 1. The fourth-order valence-electron chi connectivity index (χ4n) is 3.24. The van der Waals surface area contributed by atoms with Crippen molar-refractivity contribution in [2.75, 3.05) is 4.90 Å². The first-order valence-corrected chi connectivity index (χ1v) is 7.12. The Bertz CT molecular complexity index is 586. The molecule has 0 radical (unpaired) electrons. The highest BCUT2D eigenvalue weighted by molar-refractivity contribution is 7.80.